The molecule has 0 N–H and O–H groups in total. The Morgan fingerprint density at radius 2 is 2.03 bits per heavy atom. The number of carbonyl (C=O) groups is 1. The first-order valence-electron chi connectivity index (χ1n) is 11.8. The molecule has 0 heterocycles. The molecule has 5 atom stereocenters. The van der Waals surface area contributed by atoms with Crippen molar-refractivity contribution >= 4 is 5.97 Å². The summed E-state index contributed by atoms with van der Waals surface area (Å²) >= 11 is 0. The minimum atomic E-state index is -0.320. The van der Waals surface area contributed by atoms with E-state index in [0.29, 0.717) is 0 Å². The maximum atomic E-state index is 11.5. The smallest absolute Gasteiger partial charge is 0.343 e. The molecule has 2 aliphatic rings. The van der Waals surface area contributed by atoms with Gasteiger partial charge < -0.3 is 9.47 Å². The van der Waals surface area contributed by atoms with Crippen LogP contribution in [0.1, 0.15) is 76.8 Å². The van der Waals surface area contributed by atoms with Gasteiger partial charge in [-0.15, -0.1) is 0 Å². The van der Waals surface area contributed by atoms with Crippen LogP contribution in [-0.2, 0) is 22.4 Å². The molecular formula is C26H40O3. The molecule has 1 aromatic rings. The average molecular weight is 401 g/mol. The Morgan fingerprint density at radius 3 is 2.79 bits per heavy atom. The van der Waals surface area contributed by atoms with Gasteiger partial charge in [0, 0.05) is 0 Å². The fourth-order valence-electron chi connectivity index (χ4n) is 5.90. The fraction of sp³-hybridized carbons (Fsp3) is 0.731. The van der Waals surface area contributed by atoms with Gasteiger partial charge in [-0.2, -0.15) is 0 Å². The van der Waals surface area contributed by atoms with Crippen LogP contribution in [0.4, 0.5) is 0 Å². The van der Waals surface area contributed by atoms with Crippen molar-refractivity contribution in [1.29, 1.82) is 0 Å². The molecule has 1 saturated carbocycles. The third-order valence-electron chi connectivity index (χ3n) is 7.58. The average Bonchev–Trinajstić information content (AvgIpc) is 3.02. The number of benzene rings is 1. The maximum absolute atomic E-state index is 11.5. The van der Waals surface area contributed by atoms with Gasteiger partial charge in [-0.1, -0.05) is 65.0 Å². The number of carbonyl (C=O) groups excluding carboxylic acids is 1. The minimum absolute atomic E-state index is 0.00397. The van der Waals surface area contributed by atoms with Crippen molar-refractivity contribution in [2.75, 3.05) is 13.7 Å². The highest BCUT2D eigenvalue weighted by atomic mass is 16.6. The number of ether oxygens (including phenoxy) is 2. The lowest BCUT2D eigenvalue weighted by molar-refractivity contribution is -0.142. The van der Waals surface area contributed by atoms with Crippen LogP contribution in [0.25, 0.3) is 0 Å². The third-order valence-corrected chi connectivity index (χ3v) is 7.58. The van der Waals surface area contributed by atoms with E-state index < -0.39 is 0 Å². The summed E-state index contributed by atoms with van der Waals surface area (Å²) in [5.41, 5.74) is 2.77. The predicted molar refractivity (Wildman–Crippen MR) is 118 cm³/mol. The lowest BCUT2D eigenvalue weighted by atomic mass is 9.73. The summed E-state index contributed by atoms with van der Waals surface area (Å²) in [6, 6.07) is 6.36. The molecule has 1 fully saturated rings. The number of fused-ring (bicyclic) bond motifs is 2. The van der Waals surface area contributed by atoms with Gasteiger partial charge in [-0.25, -0.2) is 4.79 Å². The molecular weight excluding hydrogens is 360 g/mol. The van der Waals surface area contributed by atoms with Crippen molar-refractivity contribution in [2.45, 2.75) is 78.6 Å². The molecule has 3 heteroatoms. The number of hydrogen-bond donors (Lipinski definition) is 0. The van der Waals surface area contributed by atoms with E-state index in [0.717, 1.165) is 41.8 Å². The Hall–Kier alpha value is -1.51. The molecule has 0 spiro atoms. The quantitative estimate of drug-likeness (QED) is 0.345. The van der Waals surface area contributed by atoms with Crippen molar-refractivity contribution in [2.24, 2.45) is 29.6 Å². The van der Waals surface area contributed by atoms with Gasteiger partial charge in [-0.3, -0.25) is 0 Å². The number of hydrogen-bond acceptors (Lipinski definition) is 3. The zero-order valence-electron chi connectivity index (χ0n) is 18.9. The van der Waals surface area contributed by atoms with Crippen LogP contribution >= 0.6 is 0 Å². The van der Waals surface area contributed by atoms with Gasteiger partial charge in [0.15, 0.2) is 6.61 Å². The Balaban J connectivity index is 1.62. The van der Waals surface area contributed by atoms with Gasteiger partial charge in [-0.05, 0) is 72.5 Å². The summed E-state index contributed by atoms with van der Waals surface area (Å²) in [4.78, 5) is 11.5. The Kier molecular flexibility index (Phi) is 8.03. The lowest BCUT2D eigenvalue weighted by Gasteiger charge is -2.33. The number of methoxy groups -OCH3 is 1. The summed E-state index contributed by atoms with van der Waals surface area (Å²) < 4.78 is 10.5. The minimum Gasteiger partial charge on any atom is -0.482 e. The van der Waals surface area contributed by atoms with Crippen LogP contribution in [0, 0.1) is 29.6 Å². The van der Waals surface area contributed by atoms with Gasteiger partial charge in [0.1, 0.15) is 5.75 Å². The number of esters is 1. The molecule has 0 radical (unpaired) electrons. The van der Waals surface area contributed by atoms with Gasteiger partial charge in [0.25, 0.3) is 0 Å². The van der Waals surface area contributed by atoms with E-state index in [4.69, 9.17) is 9.47 Å². The standard InChI is InChI=1S/C26H40O3/c1-5-6-7-9-18(2)12-13-22-19(3)14-21-16-24-20(15-23(21)22)10-8-11-25(24)29-17-26(27)28-4/h8,10-11,18-19,21-23H,5-7,9,12-17H2,1-4H3/t18-,19+,21+,22-,23-/m0/s1. The van der Waals surface area contributed by atoms with Gasteiger partial charge in [0.2, 0.25) is 0 Å². The monoisotopic (exact) mass is 400 g/mol. The molecule has 0 aliphatic heterocycles. The topological polar surface area (TPSA) is 35.5 Å². The SMILES string of the molecule is CCCCC[C@H](C)CC[C@@H]1[C@H]2Cc3cccc(OCC(=O)OC)c3C[C@H]2C[C@H]1C. The van der Waals surface area contributed by atoms with Gasteiger partial charge in [0.05, 0.1) is 7.11 Å². The zero-order valence-corrected chi connectivity index (χ0v) is 18.9. The van der Waals surface area contributed by atoms with Crippen molar-refractivity contribution in [3.63, 3.8) is 0 Å². The molecule has 29 heavy (non-hydrogen) atoms. The predicted octanol–water partition coefficient (Wildman–Crippen LogP) is 6.22. The van der Waals surface area contributed by atoms with E-state index in [1.165, 1.54) is 69.6 Å². The molecule has 3 nitrogen and oxygen atoms in total. The summed E-state index contributed by atoms with van der Waals surface area (Å²) in [7, 11) is 1.40. The second-order valence-corrected chi connectivity index (χ2v) is 9.65. The molecule has 0 saturated heterocycles. The van der Waals surface area contributed by atoms with E-state index in [-0.39, 0.29) is 12.6 Å². The first-order valence-corrected chi connectivity index (χ1v) is 11.8. The first-order chi connectivity index (χ1) is 14.0. The summed E-state index contributed by atoms with van der Waals surface area (Å²) in [6.45, 7) is 7.21. The molecule has 0 aromatic heterocycles. The normalized spacial score (nSPS) is 26.5. The largest absolute Gasteiger partial charge is 0.482 e. The van der Waals surface area contributed by atoms with Crippen molar-refractivity contribution < 1.29 is 14.3 Å². The van der Waals surface area contributed by atoms with E-state index in [1.807, 2.05) is 6.07 Å². The molecule has 0 bridgehead atoms. The summed E-state index contributed by atoms with van der Waals surface area (Å²) in [5, 5.41) is 0. The fourth-order valence-corrected chi connectivity index (χ4v) is 5.90. The van der Waals surface area contributed by atoms with E-state index in [9.17, 15) is 4.79 Å². The van der Waals surface area contributed by atoms with Crippen molar-refractivity contribution in [3.8, 4) is 5.75 Å². The highest BCUT2D eigenvalue weighted by molar-refractivity contribution is 5.71. The van der Waals surface area contributed by atoms with E-state index in [1.54, 1.807) is 0 Å². The second kappa shape index (κ2) is 10.5. The molecule has 0 unspecified atom stereocenters. The second-order valence-electron chi connectivity index (χ2n) is 9.65. The number of rotatable bonds is 10. The highest BCUT2D eigenvalue weighted by Gasteiger charge is 2.43. The van der Waals surface area contributed by atoms with Crippen molar-refractivity contribution in [3.05, 3.63) is 29.3 Å². The van der Waals surface area contributed by atoms with Crippen LogP contribution in [0.2, 0.25) is 0 Å². The number of unbranched alkanes of at least 4 members (excludes halogenated alkanes) is 2. The van der Waals surface area contributed by atoms with Crippen LogP contribution in [0.3, 0.4) is 0 Å². The first kappa shape index (κ1) is 22.2. The Bertz CT molecular complexity index is 668. The maximum Gasteiger partial charge on any atom is 0.343 e. The Labute approximate surface area is 177 Å². The van der Waals surface area contributed by atoms with Crippen LogP contribution < -0.4 is 4.74 Å². The highest BCUT2D eigenvalue weighted by Crippen LogP contribution is 2.51. The summed E-state index contributed by atoms with van der Waals surface area (Å²) in [6.07, 6.45) is 11.9. The van der Waals surface area contributed by atoms with Crippen molar-refractivity contribution in [1.82, 2.24) is 0 Å². The molecule has 1 aromatic carbocycles. The van der Waals surface area contributed by atoms with Crippen LogP contribution in [-0.4, -0.2) is 19.7 Å². The van der Waals surface area contributed by atoms with Gasteiger partial charge >= 0.3 is 5.97 Å². The molecule has 162 valence electrons. The summed E-state index contributed by atoms with van der Waals surface area (Å²) in [5.74, 6) is 4.69. The molecule has 0 amide bonds. The van der Waals surface area contributed by atoms with Crippen LogP contribution in [0.15, 0.2) is 18.2 Å². The van der Waals surface area contributed by atoms with Crippen LogP contribution in [0.5, 0.6) is 5.75 Å². The molecule has 2 aliphatic carbocycles. The lowest BCUT2D eigenvalue weighted by Crippen LogP contribution is -2.26. The molecule has 3 rings (SSSR count). The van der Waals surface area contributed by atoms with E-state index in [2.05, 4.69) is 32.9 Å². The third kappa shape index (κ3) is 5.55. The zero-order chi connectivity index (χ0) is 20.8. The Morgan fingerprint density at radius 1 is 1.21 bits per heavy atom. The van der Waals surface area contributed by atoms with E-state index >= 15 is 0 Å².